The highest BCUT2D eigenvalue weighted by Gasteiger charge is 2.51. The van der Waals surface area contributed by atoms with Gasteiger partial charge in [0, 0.05) is 11.8 Å². The molecule has 2 aliphatic rings. The van der Waals surface area contributed by atoms with Gasteiger partial charge in [0.1, 0.15) is 17.5 Å². The first-order chi connectivity index (χ1) is 22.0. The maximum Gasteiger partial charge on any atom is 0.147 e. The maximum absolute atomic E-state index is 16.0. The molecule has 0 bridgehead atoms. The number of hydrogen-bond donors (Lipinski definition) is 0. The zero-order valence-corrected chi connectivity index (χ0v) is 23.9. The summed E-state index contributed by atoms with van der Waals surface area (Å²) >= 11 is 0. The fourth-order valence-electron chi connectivity index (χ4n) is 7.69. The van der Waals surface area contributed by atoms with Gasteiger partial charge in [0.25, 0.3) is 0 Å². The molecule has 4 heteroatoms. The predicted octanol–water partition coefficient (Wildman–Crippen LogP) is 11.1. The van der Waals surface area contributed by atoms with Crippen LogP contribution in [0.4, 0.5) is 30.2 Å². The third-order valence-electron chi connectivity index (χ3n) is 9.40. The van der Waals surface area contributed by atoms with Gasteiger partial charge in [-0.15, -0.1) is 0 Å². The van der Waals surface area contributed by atoms with Crippen molar-refractivity contribution in [3.63, 3.8) is 0 Å². The summed E-state index contributed by atoms with van der Waals surface area (Å²) < 4.78 is 45.4. The second-order valence-electron chi connectivity index (χ2n) is 11.7. The van der Waals surface area contributed by atoms with E-state index in [4.69, 9.17) is 0 Å². The van der Waals surface area contributed by atoms with Crippen LogP contribution in [0, 0.1) is 17.5 Å². The second kappa shape index (κ2) is 9.44. The van der Waals surface area contributed by atoms with Crippen molar-refractivity contribution in [3.8, 4) is 22.3 Å². The molecule has 1 spiro atoms. The van der Waals surface area contributed by atoms with Gasteiger partial charge in [-0.1, -0.05) is 103 Å². The van der Waals surface area contributed by atoms with Crippen molar-refractivity contribution in [1.29, 1.82) is 0 Å². The Kier molecular flexibility index (Phi) is 5.42. The van der Waals surface area contributed by atoms with Gasteiger partial charge in [-0.2, -0.15) is 0 Å². The van der Waals surface area contributed by atoms with Crippen molar-refractivity contribution in [2.24, 2.45) is 0 Å². The van der Waals surface area contributed by atoms with Crippen molar-refractivity contribution in [3.05, 3.63) is 185 Å². The molecule has 0 fully saturated rings. The van der Waals surface area contributed by atoms with Crippen molar-refractivity contribution in [1.82, 2.24) is 0 Å². The molecule has 0 unspecified atom stereocenters. The normalized spacial score (nSPS) is 13.4. The highest BCUT2D eigenvalue weighted by atomic mass is 19.1. The van der Waals surface area contributed by atoms with Gasteiger partial charge in [0.15, 0.2) is 0 Å². The first-order valence-corrected chi connectivity index (χ1v) is 14.9. The number of nitrogens with zero attached hydrogens (tertiary/aromatic N) is 1. The summed E-state index contributed by atoms with van der Waals surface area (Å²) in [6.45, 7) is 0. The molecule has 2 aliphatic carbocycles. The van der Waals surface area contributed by atoms with Gasteiger partial charge < -0.3 is 4.90 Å². The topological polar surface area (TPSA) is 3.24 Å². The van der Waals surface area contributed by atoms with Crippen molar-refractivity contribution >= 4 is 27.8 Å². The number of fused-ring (bicyclic) bond motifs is 11. The molecule has 0 atom stereocenters. The van der Waals surface area contributed by atoms with Gasteiger partial charge >= 0.3 is 0 Å². The van der Waals surface area contributed by atoms with E-state index in [1.165, 1.54) is 46.0 Å². The zero-order valence-electron chi connectivity index (χ0n) is 23.9. The van der Waals surface area contributed by atoms with Crippen LogP contribution in [0.5, 0.6) is 0 Å². The highest BCUT2D eigenvalue weighted by molar-refractivity contribution is 5.97. The number of anilines is 3. The Morgan fingerprint density at radius 2 is 0.889 bits per heavy atom. The summed E-state index contributed by atoms with van der Waals surface area (Å²) in [7, 11) is 0. The van der Waals surface area contributed by atoms with E-state index in [0.29, 0.717) is 5.69 Å². The van der Waals surface area contributed by atoms with E-state index in [2.05, 4.69) is 72.8 Å². The molecular formula is C41H24F3N. The monoisotopic (exact) mass is 587 g/mol. The zero-order chi connectivity index (χ0) is 30.3. The minimum atomic E-state index is -0.735. The van der Waals surface area contributed by atoms with E-state index < -0.39 is 22.9 Å². The average molecular weight is 588 g/mol. The molecule has 214 valence electrons. The van der Waals surface area contributed by atoms with Crippen LogP contribution in [-0.4, -0.2) is 0 Å². The molecule has 0 aliphatic heterocycles. The Balaban J connectivity index is 1.33. The summed E-state index contributed by atoms with van der Waals surface area (Å²) in [6, 6.07) is 45.6. The number of hydrogen-bond acceptors (Lipinski definition) is 1. The largest absolute Gasteiger partial charge is 0.307 e. The molecule has 1 nitrogen and oxygen atoms in total. The van der Waals surface area contributed by atoms with Crippen LogP contribution in [0.1, 0.15) is 22.3 Å². The summed E-state index contributed by atoms with van der Waals surface area (Å²) in [5, 5.41) is 1.56. The summed E-state index contributed by atoms with van der Waals surface area (Å²) in [6.07, 6.45) is 0. The highest BCUT2D eigenvalue weighted by Crippen LogP contribution is 2.63. The SMILES string of the molecule is Fc1cc(F)cc(N(c2ccc3c(c2)-c2ccccc2C32c3ccccc3-c3ccccc32)c2cc3ccccc3cc2F)c1. The van der Waals surface area contributed by atoms with Crippen molar-refractivity contribution in [2.45, 2.75) is 5.41 Å². The van der Waals surface area contributed by atoms with E-state index in [1.807, 2.05) is 42.5 Å². The molecule has 9 rings (SSSR count). The van der Waals surface area contributed by atoms with Gasteiger partial charge in [0.05, 0.1) is 16.8 Å². The van der Waals surface area contributed by atoms with Crippen molar-refractivity contribution in [2.75, 3.05) is 4.90 Å². The van der Waals surface area contributed by atoms with Crippen LogP contribution in [0.25, 0.3) is 33.0 Å². The van der Waals surface area contributed by atoms with Gasteiger partial charge in [0.2, 0.25) is 0 Å². The van der Waals surface area contributed by atoms with Gasteiger partial charge in [-0.3, -0.25) is 0 Å². The third-order valence-corrected chi connectivity index (χ3v) is 9.40. The molecular weight excluding hydrogens is 563 g/mol. The lowest BCUT2D eigenvalue weighted by Gasteiger charge is -2.31. The van der Waals surface area contributed by atoms with Gasteiger partial charge in [-0.05, 0) is 91.7 Å². The third kappa shape index (κ3) is 3.57. The number of halogens is 3. The Hall–Kier alpha value is -5.61. The molecule has 0 saturated carbocycles. The first kappa shape index (κ1) is 25.8. The van der Waals surface area contributed by atoms with E-state index in [1.54, 1.807) is 11.0 Å². The molecule has 0 amide bonds. The predicted molar refractivity (Wildman–Crippen MR) is 175 cm³/mol. The minimum absolute atomic E-state index is 0.194. The lowest BCUT2D eigenvalue weighted by Crippen LogP contribution is -2.25. The fourth-order valence-corrected chi connectivity index (χ4v) is 7.69. The molecule has 0 radical (unpaired) electrons. The van der Waals surface area contributed by atoms with Crippen LogP contribution in [0.15, 0.2) is 146 Å². The molecule has 0 aromatic heterocycles. The van der Waals surface area contributed by atoms with Crippen LogP contribution < -0.4 is 4.90 Å². The molecule has 7 aromatic carbocycles. The van der Waals surface area contributed by atoms with Crippen LogP contribution >= 0.6 is 0 Å². The van der Waals surface area contributed by atoms with Crippen LogP contribution in [0.3, 0.4) is 0 Å². The summed E-state index contributed by atoms with van der Waals surface area (Å²) in [5.74, 6) is -1.96. The van der Waals surface area contributed by atoms with E-state index in [0.717, 1.165) is 33.5 Å². The van der Waals surface area contributed by atoms with Crippen LogP contribution in [0.2, 0.25) is 0 Å². The summed E-state index contributed by atoms with van der Waals surface area (Å²) in [5.41, 5.74) is 9.68. The molecule has 45 heavy (non-hydrogen) atoms. The lowest BCUT2D eigenvalue weighted by atomic mass is 9.70. The first-order valence-electron chi connectivity index (χ1n) is 14.9. The fraction of sp³-hybridized carbons (Fsp3) is 0.0244. The lowest BCUT2D eigenvalue weighted by molar-refractivity contribution is 0.583. The molecule has 7 aromatic rings. The quantitative estimate of drug-likeness (QED) is 0.199. The Morgan fingerprint density at radius 1 is 0.400 bits per heavy atom. The summed E-state index contributed by atoms with van der Waals surface area (Å²) in [4.78, 5) is 1.61. The minimum Gasteiger partial charge on any atom is -0.307 e. The van der Waals surface area contributed by atoms with Crippen molar-refractivity contribution < 1.29 is 13.2 Å². The molecule has 0 N–H and O–H groups in total. The van der Waals surface area contributed by atoms with E-state index in [9.17, 15) is 8.78 Å². The average Bonchev–Trinajstić information content (AvgIpc) is 3.52. The standard InChI is InChI=1S/C41H24F3N/c42-27-21-28(43)23-30(22-27)45(40-20-26-10-2-1-9-25(26)19-39(40)44)29-17-18-38-34(24-29)33-13-5-8-16-37(33)41(38)35-14-6-3-11-31(35)32-12-4-7-15-36(32)41/h1-24H. The Bertz CT molecular complexity index is 2270. The second-order valence-corrected chi connectivity index (χ2v) is 11.7. The molecule has 0 heterocycles. The molecule has 0 saturated heterocycles. The maximum atomic E-state index is 16.0. The number of benzene rings is 7. The Labute approximate surface area is 258 Å². The smallest absolute Gasteiger partial charge is 0.147 e. The van der Waals surface area contributed by atoms with E-state index in [-0.39, 0.29) is 11.4 Å². The number of rotatable bonds is 3. The Morgan fingerprint density at radius 3 is 1.49 bits per heavy atom. The van der Waals surface area contributed by atoms with Crippen LogP contribution in [-0.2, 0) is 5.41 Å². The van der Waals surface area contributed by atoms with E-state index >= 15 is 4.39 Å². The van der Waals surface area contributed by atoms with Gasteiger partial charge in [-0.25, -0.2) is 13.2 Å².